The topological polar surface area (TPSA) is 72.1 Å². The van der Waals surface area contributed by atoms with Crippen molar-refractivity contribution in [1.82, 2.24) is 20.0 Å². The largest absolute Gasteiger partial charge is 0.356 e. The molecule has 1 aromatic carbocycles. The molecule has 1 aliphatic rings. The summed E-state index contributed by atoms with van der Waals surface area (Å²) in [5.41, 5.74) is 2.18. The molecular weight excluding hydrogens is 378 g/mol. The Bertz CT molecular complexity index is 1060. The zero-order valence-corrected chi connectivity index (χ0v) is 16.2. The molecule has 0 spiro atoms. The maximum atomic E-state index is 14.0. The van der Waals surface area contributed by atoms with Crippen molar-refractivity contribution in [1.29, 1.82) is 0 Å². The number of rotatable bonds is 3. The standard InChI is InChI=1S/C21H20F2N4O2/c1-12-9-19(29-26-12)17-11-24-13(2)25-20(17)14-5-7-27(8-6-14)21(28)16-10-15(22)3-4-18(16)23/h3-4,9-11,14H,5-8H2,1-2H3. The van der Waals surface area contributed by atoms with E-state index in [1.165, 1.54) is 0 Å². The van der Waals surface area contributed by atoms with Crippen LogP contribution in [0.4, 0.5) is 8.78 Å². The molecule has 1 fully saturated rings. The summed E-state index contributed by atoms with van der Waals surface area (Å²) in [6.07, 6.45) is 3.04. The lowest BCUT2D eigenvalue weighted by molar-refractivity contribution is 0.0706. The first-order valence-corrected chi connectivity index (χ1v) is 9.44. The highest BCUT2D eigenvalue weighted by molar-refractivity contribution is 5.94. The van der Waals surface area contributed by atoms with Crippen LogP contribution in [0, 0.1) is 25.5 Å². The molecule has 4 rings (SSSR count). The van der Waals surface area contributed by atoms with Gasteiger partial charge in [0.1, 0.15) is 17.5 Å². The van der Waals surface area contributed by atoms with Crippen LogP contribution < -0.4 is 0 Å². The molecular formula is C21H20F2N4O2. The van der Waals surface area contributed by atoms with E-state index in [4.69, 9.17) is 4.52 Å². The molecule has 0 N–H and O–H groups in total. The van der Waals surface area contributed by atoms with Gasteiger partial charge in [0.2, 0.25) is 0 Å². The fourth-order valence-electron chi connectivity index (χ4n) is 3.67. The number of likely N-dealkylation sites (tertiary alicyclic amines) is 1. The SMILES string of the molecule is Cc1cc(-c2cnc(C)nc2C2CCN(C(=O)c3cc(F)ccc3F)CC2)on1. The van der Waals surface area contributed by atoms with Crippen molar-refractivity contribution in [2.24, 2.45) is 0 Å². The third-order valence-electron chi connectivity index (χ3n) is 5.16. The number of amides is 1. The van der Waals surface area contributed by atoms with Crippen LogP contribution in [0.1, 0.15) is 46.3 Å². The Kier molecular flexibility index (Phi) is 5.08. The summed E-state index contributed by atoms with van der Waals surface area (Å²) in [5.74, 6) is -0.483. The molecule has 0 atom stereocenters. The third kappa shape index (κ3) is 3.87. The summed E-state index contributed by atoms with van der Waals surface area (Å²) < 4.78 is 32.8. The number of hydrogen-bond acceptors (Lipinski definition) is 5. The maximum absolute atomic E-state index is 14.0. The van der Waals surface area contributed by atoms with Gasteiger partial charge in [-0.15, -0.1) is 0 Å². The average Bonchev–Trinajstić information content (AvgIpc) is 3.15. The fraction of sp³-hybridized carbons (Fsp3) is 0.333. The predicted octanol–water partition coefficient (Wildman–Crippen LogP) is 4.05. The van der Waals surface area contributed by atoms with Crippen molar-refractivity contribution >= 4 is 5.91 Å². The van der Waals surface area contributed by atoms with Crippen molar-refractivity contribution in [2.75, 3.05) is 13.1 Å². The summed E-state index contributed by atoms with van der Waals surface area (Å²) >= 11 is 0. The molecule has 2 aromatic heterocycles. The van der Waals surface area contributed by atoms with E-state index in [1.807, 2.05) is 19.9 Å². The van der Waals surface area contributed by atoms with E-state index >= 15 is 0 Å². The number of aromatic nitrogens is 3. The minimum atomic E-state index is -0.715. The second-order valence-electron chi connectivity index (χ2n) is 7.24. The normalized spacial score (nSPS) is 15.0. The first kappa shape index (κ1) is 19.2. The number of carbonyl (C=O) groups is 1. The predicted molar refractivity (Wildman–Crippen MR) is 101 cm³/mol. The van der Waals surface area contributed by atoms with Gasteiger partial charge in [0.15, 0.2) is 5.76 Å². The Balaban J connectivity index is 1.54. The summed E-state index contributed by atoms with van der Waals surface area (Å²) in [6.45, 7) is 4.52. The second-order valence-corrected chi connectivity index (χ2v) is 7.24. The molecule has 3 heterocycles. The number of carbonyl (C=O) groups excluding carboxylic acids is 1. The second kappa shape index (κ2) is 7.69. The molecule has 150 valence electrons. The van der Waals surface area contributed by atoms with E-state index in [9.17, 15) is 13.6 Å². The third-order valence-corrected chi connectivity index (χ3v) is 5.16. The molecule has 8 heteroatoms. The summed E-state index contributed by atoms with van der Waals surface area (Å²) in [6, 6.07) is 4.76. The van der Waals surface area contributed by atoms with Crippen molar-refractivity contribution in [3.63, 3.8) is 0 Å². The quantitative estimate of drug-likeness (QED) is 0.666. The molecule has 1 amide bonds. The summed E-state index contributed by atoms with van der Waals surface area (Å²) in [5, 5.41) is 3.94. The van der Waals surface area contributed by atoms with Gasteiger partial charge in [0.25, 0.3) is 5.91 Å². The van der Waals surface area contributed by atoms with Crippen LogP contribution in [0.5, 0.6) is 0 Å². The highest BCUT2D eigenvalue weighted by atomic mass is 19.1. The molecule has 0 unspecified atom stereocenters. The molecule has 1 aliphatic heterocycles. The Morgan fingerprint density at radius 3 is 2.62 bits per heavy atom. The van der Waals surface area contributed by atoms with Gasteiger partial charge < -0.3 is 9.42 Å². The molecule has 0 radical (unpaired) electrons. The van der Waals surface area contributed by atoms with Crippen LogP contribution in [0.15, 0.2) is 35.0 Å². The highest BCUT2D eigenvalue weighted by Crippen LogP contribution is 2.34. The Hall–Kier alpha value is -3.16. The Labute approximate surface area is 166 Å². The first-order valence-electron chi connectivity index (χ1n) is 9.44. The molecule has 0 aliphatic carbocycles. The van der Waals surface area contributed by atoms with Crippen LogP contribution in [0.3, 0.4) is 0 Å². The molecule has 6 nitrogen and oxygen atoms in total. The Morgan fingerprint density at radius 2 is 1.93 bits per heavy atom. The van der Waals surface area contributed by atoms with Gasteiger partial charge >= 0.3 is 0 Å². The number of aryl methyl sites for hydroxylation is 2. The van der Waals surface area contributed by atoms with E-state index in [-0.39, 0.29) is 11.5 Å². The molecule has 29 heavy (non-hydrogen) atoms. The van der Waals surface area contributed by atoms with Gasteiger partial charge in [-0.2, -0.15) is 0 Å². The monoisotopic (exact) mass is 398 g/mol. The van der Waals surface area contributed by atoms with Crippen molar-refractivity contribution < 1.29 is 18.1 Å². The van der Waals surface area contributed by atoms with Gasteiger partial charge in [0.05, 0.1) is 22.5 Å². The minimum absolute atomic E-state index is 0.0958. The molecule has 0 saturated carbocycles. The zero-order chi connectivity index (χ0) is 20.5. The van der Waals surface area contributed by atoms with Crippen LogP contribution in [0.25, 0.3) is 11.3 Å². The first-order chi connectivity index (χ1) is 13.9. The van der Waals surface area contributed by atoms with E-state index < -0.39 is 17.5 Å². The number of piperidine rings is 1. The molecule has 3 aromatic rings. The van der Waals surface area contributed by atoms with E-state index in [0.29, 0.717) is 37.5 Å². The summed E-state index contributed by atoms with van der Waals surface area (Å²) in [7, 11) is 0. The van der Waals surface area contributed by atoms with Gasteiger partial charge in [-0.25, -0.2) is 18.7 Å². The highest BCUT2D eigenvalue weighted by Gasteiger charge is 2.29. The smallest absolute Gasteiger partial charge is 0.256 e. The molecule has 1 saturated heterocycles. The van der Waals surface area contributed by atoms with Crippen LogP contribution in [0.2, 0.25) is 0 Å². The van der Waals surface area contributed by atoms with Crippen molar-refractivity contribution in [2.45, 2.75) is 32.6 Å². The molecule has 0 bridgehead atoms. The number of nitrogens with zero attached hydrogens (tertiary/aromatic N) is 4. The van der Waals surface area contributed by atoms with E-state index in [2.05, 4.69) is 15.1 Å². The van der Waals surface area contributed by atoms with Gasteiger partial charge in [0, 0.05) is 31.3 Å². The van der Waals surface area contributed by atoms with E-state index in [1.54, 1.807) is 11.1 Å². The average molecular weight is 398 g/mol. The summed E-state index contributed by atoms with van der Waals surface area (Å²) in [4.78, 5) is 23.1. The van der Waals surface area contributed by atoms with Crippen LogP contribution in [-0.2, 0) is 0 Å². The lowest BCUT2D eigenvalue weighted by Crippen LogP contribution is -2.38. The van der Waals surface area contributed by atoms with E-state index in [0.717, 1.165) is 35.2 Å². The number of halogens is 2. The zero-order valence-electron chi connectivity index (χ0n) is 16.2. The minimum Gasteiger partial charge on any atom is -0.356 e. The van der Waals surface area contributed by atoms with Crippen LogP contribution in [-0.4, -0.2) is 39.0 Å². The Morgan fingerprint density at radius 1 is 1.17 bits per heavy atom. The van der Waals surface area contributed by atoms with Crippen molar-refractivity contribution in [3.05, 3.63) is 64.9 Å². The fourth-order valence-corrected chi connectivity index (χ4v) is 3.67. The van der Waals surface area contributed by atoms with Crippen LogP contribution >= 0.6 is 0 Å². The van der Waals surface area contributed by atoms with Gasteiger partial charge in [-0.1, -0.05) is 5.16 Å². The van der Waals surface area contributed by atoms with Gasteiger partial charge in [-0.3, -0.25) is 4.79 Å². The number of hydrogen-bond donors (Lipinski definition) is 0. The van der Waals surface area contributed by atoms with Gasteiger partial charge in [-0.05, 0) is 44.9 Å². The lowest BCUT2D eigenvalue weighted by atomic mass is 9.90. The van der Waals surface area contributed by atoms with Crippen molar-refractivity contribution in [3.8, 4) is 11.3 Å². The lowest BCUT2D eigenvalue weighted by Gasteiger charge is -2.32. The number of benzene rings is 1. The maximum Gasteiger partial charge on any atom is 0.256 e.